The Morgan fingerprint density at radius 1 is 0.344 bits per heavy atom. The van der Waals surface area contributed by atoms with Crippen LogP contribution in [0, 0.1) is 0 Å². The van der Waals surface area contributed by atoms with Crippen molar-refractivity contribution in [2.24, 2.45) is 0 Å². The summed E-state index contributed by atoms with van der Waals surface area (Å²) in [6.45, 7) is 0. The van der Waals surface area contributed by atoms with Gasteiger partial charge in [0.1, 0.15) is 0 Å². The first kappa shape index (κ1) is 21.8. The summed E-state index contributed by atoms with van der Waals surface area (Å²) in [5.41, 5.74) is 6.57. The van der Waals surface area contributed by atoms with Crippen molar-refractivity contribution >= 4 is 19.4 Å². The number of hydrogen-bond acceptors (Lipinski definition) is 0. The SMILES string of the molecule is c1ccc(-c2ccccc2)cc1.c1ccc(C[Se]c2ccc(-c3ccccc3)cc2)cc1. The predicted molar refractivity (Wildman–Crippen MR) is 139 cm³/mol. The fourth-order valence-corrected chi connectivity index (χ4v) is 5.17. The van der Waals surface area contributed by atoms with Crippen molar-refractivity contribution in [1.29, 1.82) is 0 Å². The standard InChI is InChI=1S/C19H16Se.C12H10/c1-3-7-16(8-4-1)15-20-19-13-11-18(12-14-19)17-9-5-2-6-10-17;1-3-7-11(8-4-1)12-9-5-2-6-10-12/h1-14H,15H2;1-10H. The molecule has 156 valence electrons. The average molecular weight is 478 g/mol. The molecule has 1 heteroatoms. The van der Waals surface area contributed by atoms with E-state index < -0.39 is 0 Å². The first-order valence-electron chi connectivity index (χ1n) is 10.8. The van der Waals surface area contributed by atoms with Crippen molar-refractivity contribution in [1.82, 2.24) is 0 Å². The first-order chi connectivity index (χ1) is 15.9. The molecular weight excluding hydrogens is 451 g/mol. The van der Waals surface area contributed by atoms with Gasteiger partial charge < -0.3 is 0 Å². The number of rotatable bonds is 5. The molecule has 0 aliphatic heterocycles. The second-order valence-corrected chi connectivity index (χ2v) is 9.60. The van der Waals surface area contributed by atoms with Gasteiger partial charge in [-0.3, -0.25) is 0 Å². The number of hydrogen-bond donors (Lipinski definition) is 0. The van der Waals surface area contributed by atoms with Crippen LogP contribution < -0.4 is 4.46 Å². The van der Waals surface area contributed by atoms with Crippen LogP contribution in [0.3, 0.4) is 0 Å². The Balaban J connectivity index is 0.000000174. The molecule has 0 spiro atoms. The van der Waals surface area contributed by atoms with Crippen LogP contribution in [0.5, 0.6) is 0 Å². The molecule has 32 heavy (non-hydrogen) atoms. The quantitative estimate of drug-likeness (QED) is 0.234. The zero-order chi connectivity index (χ0) is 21.8. The molecule has 0 amide bonds. The minimum absolute atomic E-state index is 0.510. The van der Waals surface area contributed by atoms with E-state index in [0.29, 0.717) is 15.0 Å². The van der Waals surface area contributed by atoms with E-state index in [-0.39, 0.29) is 0 Å². The molecule has 0 heterocycles. The molecule has 0 nitrogen and oxygen atoms in total. The molecule has 0 radical (unpaired) electrons. The fraction of sp³-hybridized carbons (Fsp3) is 0.0323. The van der Waals surface area contributed by atoms with Crippen LogP contribution >= 0.6 is 0 Å². The summed E-state index contributed by atoms with van der Waals surface area (Å²) in [6.07, 6.45) is 0. The Kier molecular flexibility index (Phi) is 8.09. The van der Waals surface area contributed by atoms with Crippen LogP contribution in [0.15, 0.2) is 146 Å². The zero-order valence-electron chi connectivity index (χ0n) is 18.0. The fourth-order valence-electron chi connectivity index (χ4n) is 3.38. The van der Waals surface area contributed by atoms with Crippen LogP contribution in [0.25, 0.3) is 22.3 Å². The summed E-state index contributed by atoms with van der Waals surface area (Å²) in [6, 6.07) is 51.0. The van der Waals surface area contributed by atoms with Crippen LogP contribution in [0.4, 0.5) is 0 Å². The van der Waals surface area contributed by atoms with Gasteiger partial charge in [0.15, 0.2) is 0 Å². The van der Waals surface area contributed by atoms with Gasteiger partial charge in [-0.05, 0) is 11.1 Å². The van der Waals surface area contributed by atoms with Crippen molar-refractivity contribution in [2.45, 2.75) is 5.32 Å². The molecule has 0 saturated heterocycles. The molecule has 0 bridgehead atoms. The van der Waals surface area contributed by atoms with Crippen molar-refractivity contribution in [3.8, 4) is 22.3 Å². The monoisotopic (exact) mass is 478 g/mol. The summed E-state index contributed by atoms with van der Waals surface area (Å²) in [5, 5.41) is 1.17. The molecule has 0 unspecified atom stereocenters. The summed E-state index contributed by atoms with van der Waals surface area (Å²) in [4.78, 5) is 0. The second kappa shape index (κ2) is 11.9. The van der Waals surface area contributed by atoms with Crippen LogP contribution in [0.2, 0.25) is 0 Å². The normalized spacial score (nSPS) is 10.1. The van der Waals surface area contributed by atoms with Gasteiger partial charge >= 0.3 is 126 Å². The zero-order valence-corrected chi connectivity index (χ0v) is 19.7. The molecule has 0 aromatic heterocycles. The molecule has 0 fully saturated rings. The second-order valence-electron chi connectivity index (χ2n) is 7.40. The maximum atomic E-state index is 2.27. The molecule has 5 aromatic carbocycles. The molecule has 5 aromatic rings. The third-order valence-electron chi connectivity index (χ3n) is 5.09. The molecule has 5 rings (SSSR count). The van der Waals surface area contributed by atoms with E-state index in [9.17, 15) is 0 Å². The number of benzene rings is 5. The Labute approximate surface area is 197 Å². The van der Waals surface area contributed by atoms with Crippen molar-refractivity contribution < 1.29 is 0 Å². The topological polar surface area (TPSA) is 0 Å². The minimum atomic E-state index is 0.510. The van der Waals surface area contributed by atoms with E-state index in [1.54, 1.807) is 0 Å². The first-order valence-corrected chi connectivity index (χ1v) is 12.9. The van der Waals surface area contributed by atoms with Gasteiger partial charge in [-0.25, -0.2) is 0 Å². The van der Waals surface area contributed by atoms with E-state index in [4.69, 9.17) is 0 Å². The van der Waals surface area contributed by atoms with Gasteiger partial charge in [0.2, 0.25) is 0 Å². The Hall–Kier alpha value is -3.38. The molecule has 0 aliphatic carbocycles. The van der Waals surface area contributed by atoms with Crippen LogP contribution in [0.1, 0.15) is 5.56 Å². The van der Waals surface area contributed by atoms with Gasteiger partial charge in [0.05, 0.1) is 0 Å². The molecule has 0 aliphatic rings. The van der Waals surface area contributed by atoms with E-state index in [1.807, 2.05) is 12.1 Å². The van der Waals surface area contributed by atoms with Gasteiger partial charge in [-0.2, -0.15) is 0 Å². The van der Waals surface area contributed by atoms with Gasteiger partial charge in [0, 0.05) is 0 Å². The summed E-state index contributed by atoms with van der Waals surface area (Å²) < 4.78 is 1.46. The van der Waals surface area contributed by atoms with E-state index in [0.717, 1.165) is 0 Å². The molecule has 0 saturated carbocycles. The molecule has 0 atom stereocenters. The predicted octanol–water partition coefficient (Wildman–Crippen LogP) is 7.24. The van der Waals surface area contributed by atoms with Crippen molar-refractivity contribution in [3.05, 3.63) is 151 Å². The van der Waals surface area contributed by atoms with Crippen molar-refractivity contribution in [3.63, 3.8) is 0 Å². The Bertz CT molecular complexity index is 1130. The van der Waals surface area contributed by atoms with E-state index >= 15 is 0 Å². The Morgan fingerprint density at radius 2 is 0.688 bits per heavy atom. The van der Waals surface area contributed by atoms with Gasteiger partial charge in [-0.1, -0.05) is 60.7 Å². The van der Waals surface area contributed by atoms with Crippen LogP contribution in [-0.4, -0.2) is 15.0 Å². The van der Waals surface area contributed by atoms with Crippen LogP contribution in [-0.2, 0) is 5.32 Å². The third-order valence-corrected chi connectivity index (χ3v) is 7.36. The summed E-state index contributed by atoms with van der Waals surface area (Å²) in [7, 11) is 0. The summed E-state index contributed by atoms with van der Waals surface area (Å²) in [5.74, 6) is 0. The third kappa shape index (κ3) is 6.56. The molecular formula is C31H26Se. The average Bonchev–Trinajstić information content (AvgIpc) is 2.90. The van der Waals surface area contributed by atoms with E-state index in [1.165, 1.54) is 37.6 Å². The van der Waals surface area contributed by atoms with Crippen molar-refractivity contribution in [2.75, 3.05) is 0 Å². The van der Waals surface area contributed by atoms with E-state index in [2.05, 4.69) is 133 Å². The maximum absolute atomic E-state index is 2.27. The van der Waals surface area contributed by atoms with Gasteiger partial charge in [0.25, 0.3) is 0 Å². The summed E-state index contributed by atoms with van der Waals surface area (Å²) >= 11 is 0.510. The molecule has 0 N–H and O–H groups in total. The van der Waals surface area contributed by atoms with Gasteiger partial charge in [-0.15, -0.1) is 0 Å². The Morgan fingerprint density at radius 3 is 1.09 bits per heavy atom.